The molecular weight excluding hydrogens is 390 g/mol. The fourth-order valence-corrected chi connectivity index (χ4v) is 4.00. The number of amides is 1. The van der Waals surface area contributed by atoms with Gasteiger partial charge in [0.2, 0.25) is 0 Å². The summed E-state index contributed by atoms with van der Waals surface area (Å²) >= 11 is 1.33. The third-order valence-corrected chi connectivity index (χ3v) is 5.38. The standard InChI is InChI=1S/C21H17N3O4S/c1-13-8-9-16-18(10-13)29-21(24(16)12-19(25)27-2)22-20(26)15-11-17(28-23-15)14-6-4-3-5-7-14/h3-11H,12H2,1-2H3. The van der Waals surface area contributed by atoms with E-state index >= 15 is 0 Å². The Morgan fingerprint density at radius 3 is 2.72 bits per heavy atom. The van der Waals surface area contributed by atoms with Crippen LogP contribution < -0.4 is 4.80 Å². The van der Waals surface area contributed by atoms with Crippen LogP contribution >= 0.6 is 11.3 Å². The number of carbonyl (C=O) groups is 2. The molecule has 29 heavy (non-hydrogen) atoms. The molecule has 0 aliphatic carbocycles. The van der Waals surface area contributed by atoms with Crippen LogP contribution in [0.3, 0.4) is 0 Å². The highest BCUT2D eigenvalue weighted by molar-refractivity contribution is 7.16. The van der Waals surface area contributed by atoms with Gasteiger partial charge in [-0.2, -0.15) is 4.99 Å². The summed E-state index contributed by atoms with van der Waals surface area (Å²) in [6, 6.07) is 16.8. The van der Waals surface area contributed by atoms with Crippen molar-refractivity contribution in [2.45, 2.75) is 13.5 Å². The van der Waals surface area contributed by atoms with Crippen LogP contribution in [-0.2, 0) is 16.1 Å². The first kappa shape index (κ1) is 18.8. The number of thiazole rings is 1. The SMILES string of the molecule is COC(=O)Cn1c(=NC(=O)c2cc(-c3ccccc3)on2)sc2cc(C)ccc21. The minimum atomic E-state index is -0.544. The van der Waals surface area contributed by atoms with Crippen LogP contribution in [-0.4, -0.2) is 28.7 Å². The molecule has 0 atom stereocenters. The second kappa shape index (κ2) is 7.84. The van der Waals surface area contributed by atoms with Crippen LogP contribution in [0.25, 0.3) is 21.5 Å². The molecule has 0 aliphatic rings. The number of ether oxygens (including phenoxy) is 1. The van der Waals surface area contributed by atoms with E-state index in [4.69, 9.17) is 9.26 Å². The van der Waals surface area contributed by atoms with Crippen molar-refractivity contribution in [2.75, 3.05) is 7.11 Å². The van der Waals surface area contributed by atoms with Crippen LogP contribution in [0.4, 0.5) is 0 Å². The van der Waals surface area contributed by atoms with E-state index in [0.717, 1.165) is 21.3 Å². The van der Waals surface area contributed by atoms with Gasteiger partial charge in [0.15, 0.2) is 16.3 Å². The van der Waals surface area contributed by atoms with Crippen molar-refractivity contribution in [2.24, 2.45) is 4.99 Å². The molecule has 0 aliphatic heterocycles. The predicted octanol–water partition coefficient (Wildman–Crippen LogP) is 3.58. The molecule has 0 saturated heterocycles. The molecule has 0 fully saturated rings. The molecule has 7 nitrogen and oxygen atoms in total. The number of aryl methyl sites for hydroxylation is 1. The number of benzene rings is 2. The summed E-state index contributed by atoms with van der Waals surface area (Å²) in [7, 11) is 1.32. The fourth-order valence-electron chi connectivity index (χ4n) is 2.87. The van der Waals surface area contributed by atoms with Gasteiger partial charge in [-0.15, -0.1) is 0 Å². The predicted molar refractivity (Wildman–Crippen MR) is 108 cm³/mol. The molecule has 2 heterocycles. The summed E-state index contributed by atoms with van der Waals surface area (Å²) in [6.07, 6.45) is 0. The highest BCUT2D eigenvalue weighted by Gasteiger charge is 2.16. The third-order valence-electron chi connectivity index (χ3n) is 4.34. The van der Waals surface area contributed by atoms with Crippen LogP contribution in [0.2, 0.25) is 0 Å². The van der Waals surface area contributed by atoms with Gasteiger partial charge in [0.25, 0.3) is 0 Å². The number of hydrogen-bond acceptors (Lipinski definition) is 6. The molecule has 8 heteroatoms. The average Bonchev–Trinajstić information content (AvgIpc) is 3.34. The van der Waals surface area contributed by atoms with E-state index in [9.17, 15) is 9.59 Å². The molecule has 1 amide bonds. The van der Waals surface area contributed by atoms with Gasteiger partial charge in [0, 0.05) is 11.6 Å². The number of methoxy groups -OCH3 is 1. The number of aromatic nitrogens is 2. The Hall–Kier alpha value is -3.52. The second-order valence-corrected chi connectivity index (χ2v) is 7.39. The largest absolute Gasteiger partial charge is 0.468 e. The minimum absolute atomic E-state index is 0.0419. The van der Waals surface area contributed by atoms with E-state index < -0.39 is 11.9 Å². The smallest absolute Gasteiger partial charge is 0.325 e. The molecule has 2 aromatic heterocycles. The Morgan fingerprint density at radius 1 is 1.17 bits per heavy atom. The van der Waals surface area contributed by atoms with Crippen molar-refractivity contribution in [3.05, 3.63) is 70.7 Å². The highest BCUT2D eigenvalue weighted by Crippen LogP contribution is 2.21. The van der Waals surface area contributed by atoms with E-state index in [-0.39, 0.29) is 12.2 Å². The van der Waals surface area contributed by atoms with E-state index in [1.165, 1.54) is 18.4 Å². The number of rotatable bonds is 4. The van der Waals surface area contributed by atoms with Gasteiger partial charge < -0.3 is 13.8 Å². The molecule has 0 spiro atoms. The first-order chi connectivity index (χ1) is 14.0. The molecule has 0 bridgehead atoms. The maximum absolute atomic E-state index is 12.7. The van der Waals surface area contributed by atoms with Gasteiger partial charge in [-0.1, -0.05) is 52.9 Å². The maximum Gasteiger partial charge on any atom is 0.325 e. The molecule has 0 saturated carbocycles. The summed E-state index contributed by atoms with van der Waals surface area (Å²) in [5.41, 5.74) is 2.80. The Kier molecular flexibility index (Phi) is 5.09. The lowest BCUT2D eigenvalue weighted by molar-refractivity contribution is -0.141. The van der Waals surface area contributed by atoms with E-state index in [1.807, 2.05) is 55.5 Å². The minimum Gasteiger partial charge on any atom is -0.468 e. The van der Waals surface area contributed by atoms with Crippen LogP contribution in [0.5, 0.6) is 0 Å². The topological polar surface area (TPSA) is 86.7 Å². The summed E-state index contributed by atoms with van der Waals surface area (Å²) in [4.78, 5) is 29.2. The summed E-state index contributed by atoms with van der Waals surface area (Å²) in [5, 5.41) is 3.85. The zero-order chi connectivity index (χ0) is 20.4. The molecule has 4 aromatic rings. The number of carbonyl (C=O) groups excluding carboxylic acids is 2. The molecule has 0 N–H and O–H groups in total. The summed E-state index contributed by atoms with van der Waals surface area (Å²) in [5.74, 6) is -0.483. The van der Waals surface area contributed by atoms with Crippen molar-refractivity contribution < 1.29 is 18.8 Å². The van der Waals surface area contributed by atoms with Gasteiger partial charge in [-0.25, -0.2) is 0 Å². The summed E-state index contributed by atoms with van der Waals surface area (Å²) < 4.78 is 12.7. The Bertz CT molecular complexity index is 1270. The first-order valence-electron chi connectivity index (χ1n) is 8.83. The van der Waals surface area contributed by atoms with Gasteiger partial charge in [0.1, 0.15) is 6.54 Å². The van der Waals surface area contributed by atoms with E-state index in [1.54, 1.807) is 10.6 Å². The second-order valence-electron chi connectivity index (χ2n) is 6.38. The van der Waals surface area contributed by atoms with Crippen molar-refractivity contribution in [1.29, 1.82) is 0 Å². The van der Waals surface area contributed by atoms with Crippen LogP contribution in [0.15, 0.2) is 64.1 Å². The summed E-state index contributed by atoms with van der Waals surface area (Å²) in [6.45, 7) is 1.94. The molecule has 146 valence electrons. The molecule has 4 rings (SSSR count). The van der Waals surface area contributed by atoms with Crippen molar-refractivity contribution in [3.8, 4) is 11.3 Å². The van der Waals surface area contributed by atoms with Crippen molar-refractivity contribution in [1.82, 2.24) is 9.72 Å². The Morgan fingerprint density at radius 2 is 1.97 bits per heavy atom. The monoisotopic (exact) mass is 407 g/mol. The van der Waals surface area contributed by atoms with Crippen LogP contribution in [0.1, 0.15) is 16.1 Å². The number of nitrogens with zero attached hydrogens (tertiary/aromatic N) is 3. The van der Waals surface area contributed by atoms with Crippen LogP contribution in [0, 0.1) is 6.92 Å². The van der Waals surface area contributed by atoms with Gasteiger partial charge in [-0.3, -0.25) is 9.59 Å². The normalized spacial score (nSPS) is 11.7. The molecule has 0 unspecified atom stereocenters. The third kappa shape index (κ3) is 3.88. The molecule has 2 aromatic carbocycles. The van der Waals surface area contributed by atoms with Gasteiger partial charge in [-0.05, 0) is 24.6 Å². The lowest BCUT2D eigenvalue weighted by Crippen LogP contribution is -2.22. The van der Waals surface area contributed by atoms with E-state index in [2.05, 4.69) is 10.1 Å². The van der Waals surface area contributed by atoms with Gasteiger partial charge >= 0.3 is 11.9 Å². The zero-order valence-electron chi connectivity index (χ0n) is 15.8. The number of fused-ring (bicyclic) bond motifs is 1. The Balaban J connectivity index is 1.75. The lowest BCUT2D eigenvalue weighted by atomic mass is 10.1. The van der Waals surface area contributed by atoms with Gasteiger partial charge in [0.05, 0.1) is 17.3 Å². The fraction of sp³-hybridized carbons (Fsp3) is 0.143. The van der Waals surface area contributed by atoms with Crippen molar-refractivity contribution in [3.63, 3.8) is 0 Å². The first-order valence-corrected chi connectivity index (χ1v) is 9.65. The Labute approximate surface area is 169 Å². The molecular formula is C21H17N3O4S. The maximum atomic E-state index is 12.7. The zero-order valence-corrected chi connectivity index (χ0v) is 16.6. The highest BCUT2D eigenvalue weighted by atomic mass is 32.1. The number of hydrogen-bond donors (Lipinski definition) is 0. The van der Waals surface area contributed by atoms with E-state index in [0.29, 0.717) is 10.6 Å². The average molecular weight is 407 g/mol. The number of esters is 1. The lowest BCUT2D eigenvalue weighted by Gasteiger charge is -2.03. The van der Waals surface area contributed by atoms with Crippen molar-refractivity contribution >= 4 is 33.4 Å². The molecule has 0 radical (unpaired) electrons. The quantitative estimate of drug-likeness (QED) is 0.483.